The SMILES string of the molecule is CC[Si](CC)(CC)c1ccccc1[C@H](O)c1ccc2ccccc2c1-c1c(O)c(P(c2ccccc2)c2ccccc2)cc2ccccc12. The third-order valence-corrected chi connectivity index (χ3v) is 18.7. The van der Waals surface area contributed by atoms with Gasteiger partial charge in [-0.15, -0.1) is 0 Å². The van der Waals surface area contributed by atoms with Crippen molar-refractivity contribution in [3.05, 3.63) is 163 Å². The number of benzene rings is 7. The van der Waals surface area contributed by atoms with Gasteiger partial charge in [-0.3, -0.25) is 0 Å². The predicted molar refractivity (Wildman–Crippen MR) is 215 cm³/mol. The summed E-state index contributed by atoms with van der Waals surface area (Å²) in [5.74, 6) is 0.273. The van der Waals surface area contributed by atoms with Gasteiger partial charge in [-0.1, -0.05) is 190 Å². The van der Waals surface area contributed by atoms with Crippen molar-refractivity contribution in [2.45, 2.75) is 45.0 Å². The summed E-state index contributed by atoms with van der Waals surface area (Å²) in [6, 6.07) is 56.2. The number of hydrogen-bond donors (Lipinski definition) is 2. The quantitative estimate of drug-likeness (QED) is 0.112. The van der Waals surface area contributed by atoms with E-state index in [-0.39, 0.29) is 5.75 Å². The Labute approximate surface area is 292 Å². The van der Waals surface area contributed by atoms with Crippen molar-refractivity contribution >= 4 is 58.6 Å². The van der Waals surface area contributed by atoms with E-state index in [4.69, 9.17) is 0 Å². The summed E-state index contributed by atoms with van der Waals surface area (Å²) in [6.07, 6.45) is -0.862. The molecule has 2 nitrogen and oxygen atoms in total. The minimum absolute atomic E-state index is 0.273. The van der Waals surface area contributed by atoms with Crippen LogP contribution in [0.15, 0.2) is 152 Å². The number of phenols is 1. The van der Waals surface area contributed by atoms with E-state index in [9.17, 15) is 10.2 Å². The van der Waals surface area contributed by atoms with Gasteiger partial charge in [0.2, 0.25) is 0 Å². The van der Waals surface area contributed by atoms with Crippen molar-refractivity contribution in [2.24, 2.45) is 0 Å². The molecule has 0 aliphatic rings. The van der Waals surface area contributed by atoms with E-state index >= 15 is 0 Å². The van der Waals surface area contributed by atoms with Gasteiger partial charge >= 0.3 is 0 Å². The Morgan fingerprint density at radius 1 is 0.531 bits per heavy atom. The Hall–Kier alpha value is -4.53. The van der Waals surface area contributed by atoms with Crippen molar-refractivity contribution in [1.29, 1.82) is 0 Å². The summed E-state index contributed by atoms with van der Waals surface area (Å²) >= 11 is 0. The summed E-state index contributed by atoms with van der Waals surface area (Å²) in [4.78, 5) is 0. The molecule has 0 aliphatic carbocycles. The van der Waals surface area contributed by atoms with Crippen molar-refractivity contribution in [3.8, 4) is 16.9 Å². The number of phenolic OH excluding ortho intramolecular Hbond substituents is 1. The van der Waals surface area contributed by atoms with E-state index in [2.05, 4.69) is 154 Å². The third-order valence-electron chi connectivity index (χ3n) is 10.6. The Bertz CT molecular complexity index is 2180. The zero-order chi connectivity index (χ0) is 34.0. The number of rotatable bonds is 10. The molecule has 0 spiro atoms. The molecule has 0 amide bonds. The smallest absolute Gasteiger partial charge is 0.132 e. The van der Waals surface area contributed by atoms with Gasteiger partial charge in [-0.05, 0) is 62.8 Å². The monoisotopic (exact) mass is 674 g/mol. The molecular weight excluding hydrogens is 632 g/mol. The Balaban J connectivity index is 1.56. The maximum Gasteiger partial charge on any atom is 0.132 e. The summed E-state index contributed by atoms with van der Waals surface area (Å²) in [5, 5.41) is 34.2. The molecule has 2 N–H and O–H groups in total. The zero-order valence-electron chi connectivity index (χ0n) is 28.5. The van der Waals surface area contributed by atoms with Gasteiger partial charge in [0.1, 0.15) is 11.9 Å². The lowest BCUT2D eigenvalue weighted by Crippen LogP contribution is -2.48. The Morgan fingerprint density at radius 2 is 1.04 bits per heavy atom. The molecule has 0 aromatic heterocycles. The average Bonchev–Trinajstić information content (AvgIpc) is 3.17. The van der Waals surface area contributed by atoms with Crippen LogP contribution >= 0.6 is 7.92 Å². The van der Waals surface area contributed by atoms with E-state index in [0.717, 1.165) is 67.2 Å². The highest BCUT2D eigenvalue weighted by atomic mass is 31.1. The van der Waals surface area contributed by atoms with Crippen molar-refractivity contribution < 1.29 is 10.2 Å². The zero-order valence-corrected chi connectivity index (χ0v) is 30.4. The fourth-order valence-electron chi connectivity index (χ4n) is 7.83. The fourth-order valence-corrected chi connectivity index (χ4v) is 14.1. The van der Waals surface area contributed by atoms with Gasteiger partial charge in [0, 0.05) is 10.9 Å². The second-order valence-corrected chi connectivity index (χ2v) is 20.3. The number of fused-ring (bicyclic) bond motifs is 2. The molecule has 0 radical (unpaired) electrons. The second kappa shape index (κ2) is 14.1. The first-order valence-electron chi connectivity index (χ1n) is 17.5. The van der Waals surface area contributed by atoms with E-state index < -0.39 is 22.1 Å². The van der Waals surface area contributed by atoms with E-state index in [1.54, 1.807) is 0 Å². The minimum Gasteiger partial charge on any atom is -0.507 e. The molecule has 4 heteroatoms. The van der Waals surface area contributed by atoms with Gasteiger partial charge in [-0.25, -0.2) is 0 Å². The highest BCUT2D eigenvalue weighted by Gasteiger charge is 2.34. The van der Waals surface area contributed by atoms with Crippen LogP contribution in [0, 0.1) is 0 Å². The van der Waals surface area contributed by atoms with Crippen LogP contribution in [0.4, 0.5) is 0 Å². The minimum atomic E-state index is -1.84. The van der Waals surface area contributed by atoms with Crippen molar-refractivity contribution in [2.75, 3.05) is 0 Å². The highest BCUT2D eigenvalue weighted by Crippen LogP contribution is 2.48. The van der Waals surface area contributed by atoms with Crippen LogP contribution < -0.4 is 21.1 Å². The van der Waals surface area contributed by atoms with Crippen LogP contribution in [-0.4, -0.2) is 18.3 Å². The van der Waals surface area contributed by atoms with Crippen molar-refractivity contribution in [3.63, 3.8) is 0 Å². The molecule has 7 aromatic carbocycles. The van der Waals surface area contributed by atoms with Crippen LogP contribution in [-0.2, 0) is 0 Å². The molecule has 0 unspecified atom stereocenters. The molecule has 0 bridgehead atoms. The normalized spacial score (nSPS) is 12.5. The van der Waals surface area contributed by atoms with Crippen LogP contribution in [0.3, 0.4) is 0 Å². The number of hydrogen-bond acceptors (Lipinski definition) is 2. The second-order valence-electron chi connectivity index (χ2n) is 12.9. The standard InChI is InChI=1S/C45H43O2PSi/c1-4-49(5-2,6-3)41-28-18-17-27-38(41)44(46)39-30-29-32-19-13-15-25-36(32)42(39)43-37-26-16-14-20-33(37)31-40(45(43)47)48(34-21-9-7-10-22-34)35-23-11-8-12-24-35/h7-31,44,46-47H,4-6H2,1-3H3/t44-/m0/s1. The lowest BCUT2D eigenvalue weighted by Gasteiger charge is -2.33. The maximum atomic E-state index is 12.8. The Morgan fingerprint density at radius 3 is 1.65 bits per heavy atom. The molecule has 7 aromatic rings. The molecule has 49 heavy (non-hydrogen) atoms. The first-order chi connectivity index (χ1) is 24.0. The maximum absolute atomic E-state index is 12.8. The Kier molecular flexibility index (Phi) is 9.52. The molecule has 0 heterocycles. The molecule has 0 saturated carbocycles. The molecule has 7 rings (SSSR count). The van der Waals surface area contributed by atoms with E-state index in [0.29, 0.717) is 0 Å². The average molecular weight is 675 g/mol. The van der Waals surface area contributed by atoms with Gasteiger partial charge in [-0.2, -0.15) is 0 Å². The first kappa shape index (κ1) is 33.0. The lowest BCUT2D eigenvalue weighted by atomic mass is 9.86. The van der Waals surface area contributed by atoms with Crippen LogP contribution in [0.5, 0.6) is 5.75 Å². The topological polar surface area (TPSA) is 40.5 Å². The first-order valence-corrected chi connectivity index (χ1v) is 21.4. The van der Waals surface area contributed by atoms with Gasteiger partial charge in [0.15, 0.2) is 0 Å². The summed E-state index contributed by atoms with van der Waals surface area (Å²) in [6.45, 7) is 6.95. The fraction of sp³-hybridized carbons (Fsp3) is 0.156. The van der Waals surface area contributed by atoms with Gasteiger partial charge in [0.05, 0.1) is 8.07 Å². The summed E-state index contributed by atoms with van der Waals surface area (Å²) in [5.41, 5.74) is 3.48. The molecule has 244 valence electrons. The number of aliphatic hydroxyl groups is 1. The van der Waals surface area contributed by atoms with E-state index in [1.165, 1.54) is 15.8 Å². The van der Waals surface area contributed by atoms with Crippen LogP contribution in [0.25, 0.3) is 32.7 Å². The number of aromatic hydroxyl groups is 1. The van der Waals surface area contributed by atoms with Gasteiger partial charge < -0.3 is 10.2 Å². The predicted octanol–water partition coefficient (Wildman–Crippen LogP) is 9.92. The van der Waals surface area contributed by atoms with Crippen molar-refractivity contribution in [1.82, 2.24) is 0 Å². The largest absolute Gasteiger partial charge is 0.507 e. The highest BCUT2D eigenvalue weighted by molar-refractivity contribution is 7.80. The van der Waals surface area contributed by atoms with E-state index in [1.807, 2.05) is 18.2 Å². The molecular formula is C45H43O2PSi. The number of aliphatic hydroxyl groups excluding tert-OH is 1. The van der Waals surface area contributed by atoms with Crippen LogP contribution in [0.2, 0.25) is 18.1 Å². The third kappa shape index (κ3) is 5.91. The van der Waals surface area contributed by atoms with Gasteiger partial charge in [0.25, 0.3) is 0 Å². The van der Waals surface area contributed by atoms with Crippen LogP contribution in [0.1, 0.15) is 38.0 Å². The lowest BCUT2D eigenvalue weighted by molar-refractivity contribution is 0.222. The molecule has 0 fully saturated rings. The summed E-state index contributed by atoms with van der Waals surface area (Å²) in [7, 11) is -2.94. The molecule has 0 aliphatic heterocycles. The molecule has 1 atom stereocenters. The summed E-state index contributed by atoms with van der Waals surface area (Å²) < 4.78 is 0. The molecule has 0 saturated heterocycles.